The Kier molecular flexibility index (Phi) is 5.29. The summed E-state index contributed by atoms with van der Waals surface area (Å²) in [5, 5.41) is 2.81. The number of hydrogen-bond acceptors (Lipinski definition) is 6. The summed E-state index contributed by atoms with van der Waals surface area (Å²) in [6, 6.07) is 11.9. The van der Waals surface area contributed by atoms with Gasteiger partial charge in [-0.25, -0.2) is 0 Å². The molecule has 0 radical (unpaired) electrons. The predicted octanol–water partition coefficient (Wildman–Crippen LogP) is 1.91. The molecular formula is C20H20N2O6. The molecule has 2 aromatic carbocycles. The van der Waals surface area contributed by atoms with Gasteiger partial charge in [-0.05, 0) is 42.5 Å². The van der Waals surface area contributed by atoms with E-state index in [4.69, 9.17) is 18.9 Å². The SMILES string of the molecule is O=C(Nc1ccc(OCC(=O)N2CCOCC2)cc1)c1ccc2c(c1)OCO2. The Bertz CT molecular complexity index is 861. The van der Waals surface area contributed by atoms with Gasteiger partial charge in [0.1, 0.15) is 5.75 Å². The minimum Gasteiger partial charge on any atom is -0.484 e. The average Bonchev–Trinajstić information content (AvgIpc) is 3.21. The van der Waals surface area contributed by atoms with Crippen molar-refractivity contribution in [1.29, 1.82) is 0 Å². The van der Waals surface area contributed by atoms with Gasteiger partial charge in [-0.3, -0.25) is 9.59 Å². The highest BCUT2D eigenvalue weighted by molar-refractivity contribution is 6.04. The van der Waals surface area contributed by atoms with Crippen LogP contribution in [0.3, 0.4) is 0 Å². The molecule has 0 saturated carbocycles. The number of nitrogens with one attached hydrogen (secondary N) is 1. The Morgan fingerprint density at radius 2 is 1.75 bits per heavy atom. The zero-order valence-electron chi connectivity index (χ0n) is 15.2. The third-order valence-electron chi connectivity index (χ3n) is 4.47. The molecule has 2 heterocycles. The van der Waals surface area contributed by atoms with Gasteiger partial charge in [0.2, 0.25) is 6.79 Å². The van der Waals surface area contributed by atoms with Crippen LogP contribution in [-0.4, -0.2) is 56.4 Å². The first-order chi connectivity index (χ1) is 13.7. The number of nitrogens with zero attached hydrogens (tertiary/aromatic N) is 1. The largest absolute Gasteiger partial charge is 0.484 e. The van der Waals surface area contributed by atoms with Crippen LogP contribution in [0.15, 0.2) is 42.5 Å². The molecule has 0 spiro atoms. The van der Waals surface area contributed by atoms with E-state index in [0.29, 0.717) is 54.8 Å². The summed E-state index contributed by atoms with van der Waals surface area (Å²) in [7, 11) is 0. The van der Waals surface area contributed by atoms with E-state index in [1.165, 1.54) is 0 Å². The summed E-state index contributed by atoms with van der Waals surface area (Å²) in [6.45, 7) is 2.44. The summed E-state index contributed by atoms with van der Waals surface area (Å²) in [5.74, 6) is 1.42. The van der Waals surface area contributed by atoms with Crippen LogP contribution in [0.1, 0.15) is 10.4 Å². The van der Waals surface area contributed by atoms with Gasteiger partial charge in [0, 0.05) is 24.3 Å². The molecule has 1 N–H and O–H groups in total. The van der Waals surface area contributed by atoms with E-state index >= 15 is 0 Å². The molecule has 2 amide bonds. The molecular weight excluding hydrogens is 364 g/mol. The molecule has 1 saturated heterocycles. The molecule has 8 nitrogen and oxygen atoms in total. The van der Waals surface area contributed by atoms with Gasteiger partial charge in [0.05, 0.1) is 13.2 Å². The third-order valence-corrected chi connectivity index (χ3v) is 4.47. The summed E-state index contributed by atoms with van der Waals surface area (Å²) >= 11 is 0. The minimum absolute atomic E-state index is 0.0249. The highest BCUT2D eigenvalue weighted by Crippen LogP contribution is 2.32. The van der Waals surface area contributed by atoms with Crippen LogP contribution in [0.4, 0.5) is 5.69 Å². The number of amides is 2. The van der Waals surface area contributed by atoms with Crippen molar-refractivity contribution < 1.29 is 28.5 Å². The van der Waals surface area contributed by atoms with E-state index in [9.17, 15) is 9.59 Å². The van der Waals surface area contributed by atoms with Crippen molar-refractivity contribution in [3.05, 3.63) is 48.0 Å². The lowest BCUT2D eigenvalue weighted by Crippen LogP contribution is -2.42. The topological polar surface area (TPSA) is 86.3 Å². The zero-order valence-corrected chi connectivity index (χ0v) is 15.2. The quantitative estimate of drug-likeness (QED) is 0.848. The smallest absolute Gasteiger partial charge is 0.260 e. The lowest BCUT2D eigenvalue weighted by molar-refractivity contribution is -0.137. The highest BCUT2D eigenvalue weighted by atomic mass is 16.7. The maximum absolute atomic E-state index is 12.4. The van der Waals surface area contributed by atoms with Crippen LogP contribution in [0.2, 0.25) is 0 Å². The number of fused-ring (bicyclic) bond motifs is 1. The molecule has 4 rings (SSSR count). The third kappa shape index (κ3) is 4.17. The van der Waals surface area contributed by atoms with E-state index in [2.05, 4.69) is 5.32 Å². The normalized spacial score (nSPS) is 15.2. The van der Waals surface area contributed by atoms with Crippen LogP contribution in [0, 0.1) is 0 Å². The van der Waals surface area contributed by atoms with Crippen LogP contribution < -0.4 is 19.5 Å². The summed E-state index contributed by atoms with van der Waals surface area (Å²) in [4.78, 5) is 26.2. The molecule has 0 aromatic heterocycles. The van der Waals surface area contributed by atoms with Crippen molar-refractivity contribution in [2.24, 2.45) is 0 Å². The first kappa shape index (κ1) is 18.1. The molecule has 2 aliphatic heterocycles. The molecule has 146 valence electrons. The van der Waals surface area contributed by atoms with E-state index in [1.54, 1.807) is 47.4 Å². The van der Waals surface area contributed by atoms with Crippen molar-refractivity contribution in [2.75, 3.05) is 45.0 Å². The molecule has 0 aliphatic carbocycles. The zero-order chi connectivity index (χ0) is 19.3. The van der Waals surface area contributed by atoms with Crippen LogP contribution in [0.25, 0.3) is 0 Å². The molecule has 0 unspecified atom stereocenters. The molecule has 0 atom stereocenters. The average molecular weight is 384 g/mol. The summed E-state index contributed by atoms with van der Waals surface area (Å²) < 4.78 is 21.3. The maximum atomic E-state index is 12.4. The van der Waals surface area contributed by atoms with E-state index in [-0.39, 0.29) is 25.2 Å². The minimum atomic E-state index is -0.255. The number of ether oxygens (including phenoxy) is 4. The standard InChI is InChI=1S/C20H20N2O6/c23-19(22-7-9-25-10-8-22)12-26-16-4-2-15(3-5-16)21-20(24)14-1-6-17-18(11-14)28-13-27-17/h1-6,11H,7-10,12-13H2,(H,21,24). The van der Waals surface area contributed by atoms with Gasteiger partial charge in [-0.15, -0.1) is 0 Å². The molecule has 2 aliphatic rings. The number of benzene rings is 2. The fourth-order valence-corrected chi connectivity index (χ4v) is 2.92. The van der Waals surface area contributed by atoms with Crippen LogP contribution in [-0.2, 0) is 9.53 Å². The Morgan fingerprint density at radius 1 is 1.00 bits per heavy atom. The van der Waals surface area contributed by atoms with Gasteiger partial charge >= 0.3 is 0 Å². The predicted molar refractivity (Wildman–Crippen MR) is 99.9 cm³/mol. The van der Waals surface area contributed by atoms with Crippen LogP contribution in [0.5, 0.6) is 17.2 Å². The Labute approximate surface area is 161 Å². The number of morpholine rings is 1. The van der Waals surface area contributed by atoms with Crippen molar-refractivity contribution in [1.82, 2.24) is 4.90 Å². The fourth-order valence-electron chi connectivity index (χ4n) is 2.92. The van der Waals surface area contributed by atoms with Gasteiger partial charge in [0.25, 0.3) is 11.8 Å². The lowest BCUT2D eigenvalue weighted by atomic mass is 10.2. The van der Waals surface area contributed by atoms with Crippen molar-refractivity contribution in [3.8, 4) is 17.2 Å². The Hall–Kier alpha value is -3.26. The molecule has 28 heavy (non-hydrogen) atoms. The Balaban J connectivity index is 1.30. The Morgan fingerprint density at radius 3 is 2.54 bits per heavy atom. The lowest BCUT2D eigenvalue weighted by Gasteiger charge is -2.26. The number of rotatable bonds is 5. The van der Waals surface area contributed by atoms with E-state index < -0.39 is 0 Å². The number of hydrogen-bond donors (Lipinski definition) is 1. The van der Waals surface area contributed by atoms with E-state index in [1.807, 2.05) is 0 Å². The summed E-state index contributed by atoms with van der Waals surface area (Å²) in [6.07, 6.45) is 0. The first-order valence-electron chi connectivity index (χ1n) is 8.98. The molecule has 8 heteroatoms. The van der Waals surface area contributed by atoms with Gasteiger partial charge in [-0.1, -0.05) is 0 Å². The first-order valence-corrected chi connectivity index (χ1v) is 8.98. The van der Waals surface area contributed by atoms with E-state index in [0.717, 1.165) is 0 Å². The summed E-state index contributed by atoms with van der Waals surface area (Å²) in [5.41, 5.74) is 1.09. The van der Waals surface area contributed by atoms with Crippen molar-refractivity contribution in [3.63, 3.8) is 0 Å². The second-order valence-corrected chi connectivity index (χ2v) is 6.33. The second-order valence-electron chi connectivity index (χ2n) is 6.33. The van der Waals surface area contributed by atoms with Gasteiger partial charge < -0.3 is 29.2 Å². The van der Waals surface area contributed by atoms with Crippen LogP contribution >= 0.6 is 0 Å². The number of carbonyl (C=O) groups is 2. The number of anilines is 1. The molecule has 0 bridgehead atoms. The molecule has 2 aromatic rings. The monoisotopic (exact) mass is 384 g/mol. The second kappa shape index (κ2) is 8.18. The van der Waals surface area contributed by atoms with Gasteiger partial charge in [0.15, 0.2) is 18.1 Å². The maximum Gasteiger partial charge on any atom is 0.260 e. The fraction of sp³-hybridized carbons (Fsp3) is 0.300. The molecule has 1 fully saturated rings. The van der Waals surface area contributed by atoms with Gasteiger partial charge in [-0.2, -0.15) is 0 Å². The highest BCUT2D eigenvalue weighted by Gasteiger charge is 2.18. The number of carbonyl (C=O) groups excluding carboxylic acids is 2. The van der Waals surface area contributed by atoms with Crippen molar-refractivity contribution in [2.45, 2.75) is 0 Å². The van der Waals surface area contributed by atoms with Crippen molar-refractivity contribution >= 4 is 17.5 Å².